The lowest BCUT2D eigenvalue weighted by Crippen LogP contribution is -2.55. The molecule has 2 fully saturated rings. The van der Waals surface area contributed by atoms with Crippen molar-refractivity contribution in [1.29, 1.82) is 0 Å². The first-order valence-corrected chi connectivity index (χ1v) is 9.79. The molecule has 2 heterocycles. The molecule has 4 atom stereocenters. The molecule has 0 unspecified atom stereocenters. The molecule has 2 bridgehead atoms. The maximum atomic E-state index is 12.7. The number of esters is 1. The number of hydrogen-bond acceptors (Lipinski definition) is 4. The number of rotatable bonds is 4. The molecular formula is C19H25IN2O3. The van der Waals surface area contributed by atoms with Crippen molar-refractivity contribution in [3.05, 3.63) is 33.4 Å². The highest BCUT2D eigenvalue weighted by atomic mass is 127. The number of amides is 1. The van der Waals surface area contributed by atoms with Crippen LogP contribution >= 0.6 is 22.6 Å². The van der Waals surface area contributed by atoms with E-state index in [1.54, 1.807) is 0 Å². The molecule has 25 heavy (non-hydrogen) atoms. The molecule has 1 amide bonds. The number of nitrogens with zero attached hydrogens (tertiary/aromatic N) is 2. The Bertz CT molecular complexity index is 647. The quantitative estimate of drug-likeness (QED) is 0.516. The van der Waals surface area contributed by atoms with Crippen molar-refractivity contribution in [2.75, 3.05) is 27.7 Å². The molecule has 0 aromatic heterocycles. The van der Waals surface area contributed by atoms with Gasteiger partial charge in [-0.05, 0) is 73.6 Å². The van der Waals surface area contributed by atoms with Gasteiger partial charge in [0, 0.05) is 21.6 Å². The van der Waals surface area contributed by atoms with Crippen LogP contribution in [0.2, 0.25) is 0 Å². The second kappa shape index (κ2) is 7.61. The number of carbonyl (C=O) groups is 2. The Morgan fingerprint density at radius 2 is 1.92 bits per heavy atom. The summed E-state index contributed by atoms with van der Waals surface area (Å²) in [5, 5.41) is 0. The number of fused-ring (bicyclic) bond motifs is 2. The fraction of sp³-hybridized carbons (Fsp3) is 0.579. The maximum absolute atomic E-state index is 12.7. The van der Waals surface area contributed by atoms with Crippen molar-refractivity contribution in [1.82, 2.24) is 9.80 Å². The Kier molecular flexibility index (Phi) is 5.68. The Morgan fingerprint density at radius 3 is 2.52 bits per heavy atom. The number of methoxy groups -OCH3 is 1. The zero-order chi connectivity index (χ0) is 18.1. The van der Waals surface area contributed by atoms with Gasteiger partial charge in [0.15, 0.2) is 0 Å². The fourth-order valence-electron chi connectivity index (χ4n) is 4.46. The number of halogens is 1. The molecule has 5 nitrogen and oxygen atoms in total. The Labute approximate surface area is 162 Å². The van der Waals surface area contributed by atoms with Gasteiger partial charge in [0.25, 0.3) is 0 Å². The highest BCUT2D eigenvalue weighted by Gasteiger charge is 2.52. The standard InChI is InChI=1S/C19H25IN2O3/c1-21(2)11-17(23)22-14-8-9-16(22)18(19(24)25-3)15(10-14)12-4-6-13(20)7-5-12/h4-7,14-16,18H,8-11H2,1-3H3/t14-,15+,16+,18-/m0/s1. The van der Waals surface area contributed by atoms with Crippen LogP contribution in [0.15, 0.2) is 24.3 Å². The SMILES string of the molecule is COC(=O)[C@H]1[C@@H](c2ccc(I)cc2)C[C@@H]2CC[C@H]1N2C(=O)CN(C)C. The van der Waals surface area contributed by atoms with Crippen LogP contribution in [0.25, 0.3) is 0 Å². The number of benzene rings is 1. The van der Waals surface area contributed by atoms with E-state index in [0.29, 0.717) is 6.54 Å². The predicted molar refractivity (Wildman–Crippen MR) is 104 cm³/mol. The zero-order valence-corrected chi connectivity index (χ0v) is 17.1. The first-order chi connectivity index (χ1) is 11.9. The molecule has 2 saturated heterocycles. The largest absolute Gasteiger partial charge is 0.469 e. The Hall–Kier alpha value is -1.15. The highest BCUT2D eigenvalue weighted by molar-refractivity contribution is 14.1. The summed E-state index contributed by atoms with van der Waals surface area (Å²) in [7, 11) is 5.24. The second-order valence-corrected chi connectivity index (χ2v) is 8.53. The van der Waals surface area contributed by atoms with Gasteiger partial charge in [0.1, 0.15) is 0 Å². The first kappa shape index (κ1) is 18.6. The van der Waals surface area contributed by atoms with Gasteiger partial charge in [-0.1, -0.05) is 12.1 Å². The molecule has 0 spiro atoms. The normalized spacial score (nSPS) is 28.3. The van der Waals surface area contributed by atoms with E-state index in [1.165, 1.54) is 16.2 Å². The van der Waals surface area contributed by atoms with Gasteiger partial charge < -0.3 is 14.5 Å². The van der Waals surface area contributed by atoms with Gasteiger partial charge in [-0.25, -0.2) is 0 Å². The van der Waals surface area contributed by atoms with Crippen molar-refractivity contribution in [2.24, 2.45) is 5.92 Å². The van der Waals surface area contributed by atoms with Gasteiger partial charge in [0.05, 0.1) is 19.6 Å². The van der Waals surface area contributed by atoms with Gasteiger partial charge in [-0.15, -0.1) is 0 Å². The molecular weight excluding hydrogens is 431 g/mol. The summed E-state index contributed by atoms with van der Waals surface area (Å²) in [4.78, 5) is 29.2. The van der Waals surface area contributed by atoms with Crippen LogP contribution in [-0.4, -0.2) is 61.5 Å². The highest BCUT2D eigenvalue weighted by Crippen LogP contribution is 2.47. The number of ether oxygens (including phenoxy) is 1. The summed E-state index contributed by atoms with van der Waals surface area (Å²) < 4.78 is 6.31. The van der Waals surface area contributed by atoms with Crippen molar-refractivity contribution in [3.8, 4) is 0 Å². The molecule has 0 saturated carbocycles. The molecule has 0 radical (unpaired) electrons. The van der Waals surface area contributed by atoms with Crippen molar-refractivity contribution < 1.29 is 14.3 Å². The van der Waals surface area contributed by atoms with Crippen LogP contribution in [0.1, 0.15) is 30.7 Å². The van der Waals surface area contributed by atoms with Gasteiger partial charge in [-0.3, -0.25) is 9.59 Å². The van der Waals surface area contributed by atoms with Crippen molar-refractivity contribution in [2.45, 2.75) is 37.3 Å². The lowest BCUT2D eigenvalue weighted by Gasteiger charge is -2.44. The van der Waals surface area contributed by atoms with Crippen LogP contribution in [0.3, 0.4) is 0 Å². The zero-order valence-electron chi connectivity index (χ0n) is 14.9. The first-order valence-electron chi connectivity index (χ1n) is 8.71. The maximum Gasteiger partial charge on any atom is 0.311 e. The second-order valence-electron chi connectivity index (χ2n) is 7.28. The third-order valence-electron chi connectivity index (χ3n) is 5.43. The number of piperidine rings is 1. The summed E-state index contributed by atoms with van der Waals surface area (Å²) in [5.41, 5.74) is 1.17. The molecule has 6 heteroatoms. The van der Waals surface area contributed by atoms with Crippen LogP contribution < -0.4 is 0 Å². The lowest BCUT2D eigenvalue weighted by atomic mass is 9.76. The smallest absolute Gasteiger partial charge is 0.311 e. The van der Waals surface area contributed by atoms with Crippen LogP contribution in [0.4, 0.5) is 0 Å². The monoisotopic (exact) mass is 456 g/mol. The lowest BCUT2D eigenvalue weighted by molar-refractivity contribution is -0.153. The van der Waals surface area contributed by atoms with Crippen molar-refractivity contribution in [3.63, 3.8) is 0 Å². The summed E-state index contributed by atoms with van der Waals surface area (Å²) in [6.07, 6.45) is 2.68. The summed E-state index contributed by atoms with van der Waals surface area (Å²) in [5.74, 6) is -0.246. The van der Waals surface area contributed by atoms with Crippen LogP contribution in [-0.2, 0) is 14.3 Å². The van der Waals surface area contributed by atoms with E-state index in [-0.39, 0.29) is 35.8 Å². The molecule has 2 aliphatic heterocycles. The van der Waals surface area contributed by atoms with E-state index in [1.807, 2.05) is 23.9 Å². The molecule has 2 aliphatic rings. The third kappa shape index (κ3) is 3.69. The molecule has 136 valence electrons. The Morgan fingerprint density at radius 1 is 1.24 bits per heavy atom. The van der Waals surface area contributed by atoms with E-state index >= 15 is 0 Å². The summed E-state index contributed by atoms with van der Waals surface area (Å²) in [6.45, 7) is 0.384. The number of likely N-dealkylation sites (N-methyl/N-ethyl adjacent to an activating group) is 1. The molecule has 0 N–H and O–H groups in total. The molecule has 3 rings (SSSR count). The Balaban J connectivity index is 1.92. The van der Waals surface area contributed by atoms with Crippen LogP contribution in [0, 0.1) is 9.49 Å². The summed E-state index contributed by atoms with van der Waals surface area (Å²) >= 11 is 2.29. The third-order valence-corrected chi connectivity index (χ3v) is 6.15. The van der Waals surface area contributed by atoms with E-state index in [2.05, 4.69) is 46.9 Å². The average Bonchev–Trinajstić information content (AvgIpc) is 2.88. The molecule has 1 aromatic rings. The van der Waals surface area contributed by atoms with E-state index in [4.69, 9.17) is 4.74 Å². The number of carbonyl (C=O) groups excluding carboxylic acids is 2. The predicted octanol–water partition coefficient (Wildman–Crippen LogP) is 2.49. The molecule has 1 aromatic carbocycles. The fourth-order valence-corrected chi connectivity index (χ4v) is 4.82. The minimum atomic E-state index is -0.282. The van der Waals surface area contributed by atoms with Crippen LogP contribution in [0.5, 0.6) is 0 Å². The van der Waals surface area contributed by atoms with Gasteiger partial charge in [0.2, 0.25) is 5.91 Å². The van der Waals surface area contributed by atoms with Crippen molar-refractivity contribution >= 4 is 34.5 Å². The minimum absolute atomic E-state index is 0.0528. The molecule has 0 aliphatic carbocycles. The minimum Gasteiger partial charge on any atom is -0.469 e. The number of hydrogen-bond donors (Lipinski definition) is 0. The van der Waals surface area contributed by atoms with Gasteiger partial charge >= 0.3 is 5.97 Å². The van der Waals surface area contributed by atoms with E-state index in [0.717, 1.165) is 19.3 Å². The van der Waals surface area contributed by atoms with E-state index in [9.17, 15) is 9.59 Å². The summed E-state index contributed by atoms with van der Waals surface area (Å²) in [6, 6.07) is 8.55. The average molecular weight is 456 g/mol. The topological polar surface area (TPSA) is 49.9 Å². The van der Waals surface area contributed by atoms with E-state index < -0.39 is 0 Å². The van der Waals surface area contributed by atoms with Gasteiger partial charge in [-0.2, -0.15) is 0 Å².